The normalized spacial score (nSPS) is 18.8. The van der Waals surface area contributed by atoms with E-state index in [0.717, 1.165) is 12.8 Å². The first-order valence-electron chi connectivity index (χ1n) is 6.18. The molecule has 2 rings (SSSR count). The van der Waals surface area contributed by atoms with E-state index in [0.29, 0.717) is 29.7 Å². The monoisotopic (exact) mass is 269 g/mol. The van der Waals surface area contributed by atoms with Crippen molar-refractivity contribution in [1.82, 2.24) is 4.31 Å². The highest BCUT2D eigenvalue weighted by atomic mass is 32.2. The average molecular weight is 269 g/mol. The van der Waals surface area contributed by atoms with Crippen molar-refractivity contribution < 1.29 is 13.2 Å². The Labute approximate surface area is 109 Å². The van der Waals surface area contributed by atoms with Crippen LogP contribution in [-0.2, 0) is 10.0 Å². The van der Waals surface area contributed by atoms with Crippen LogP contribution < -0.4 is 4.74 Å². The fourth-order valence-electron chi connectivity index (χ4n) is 2.14. The number of hydrogen-bond acceptors (Lipinski definition) is 3. The first-order valence-corrected chi connectivity index (χ1v) is 7.62. The van der Waals surface area contributed by atoms with E-state index < -0.39 is 10.0 Å². The van der Waals surface area contributed by atoms with Gasteiger partial charge in [0, 0.05) is 19.2 Å². The third-order valence-electron chi connectivity index (χ3n) is 3.42. The van der Waals surface area contributed by atoms with Crippen LogP contribution in [0, 0.1) is 5.92 Å². The second kappa shape index (κ2) is 5.28. The molecule has 1 fully saturated rings. The number of benzene rings is 1. The Bertz CT molecular complexity index is 505. The number of ether oxygens (including phenoxy) is 1. The molecule has 1 aliphatic rings. The van der Waals surface area contributed by atoms with E-state index in [2.05, 4.69) is 6.92 Å². The molecule has 1 saturated heterocycles. The van der Waals surface area contributed by atoms with Gasteiger partial charge >= 0.3 is 0 Å². The summed E-state index contributed by atoms with van der Waals surface area (Å²) in [4.78, 5) is 0.316. The highest BCUT2D eigenvalue weighted by Gasteiger charge is 2.28. The van der Waals surface area contributed by atoms with Gasteiger partial charge in [0.05, 0.1) is 12.0 Å². The van der Waals surface area contributed by atoms with Crippen LogP contribution in [0.2, 0.25) is 0 Å². The van der Waals surface area contributed by atoms with E-state index in [1.807, 2.05) is 0 Å². The molecule has 0 amide bonds. The van der Waals surface area contributed by atoms with Crippen LogP contribution in [0.5, 0.6) is 5.75 Å². The van der Waals surface area contributed by atoms with Gasteiger partial charge in [-0.15, -0.1) is 0 Å². The van der Waals surface area contributed by atoms with Crippen LogP contribution in [0.15, 0.2) is 29.2 Å². The van der Waals surface area contributed by atoms with Gasteiger partial charge in [0.25, 0.3) is 0 Å². The van der Waals surface area contributed by atoms with Gasteiger partial charge in [-0.05, 0) is 30.9 Å². The maximum atomic E-state index is 12.4. The molecular formula is C13H19NO3S. The lowest BCUT2D eigenvalue weighted by molar-refractivity contribution is 0.288. The zero-order valence-electron chi connectivity index (χ0n) is 10.8. The molecule has 4 nitrogen and oxygen atoms in total. The molecule has 0 aromatic heterocycles. The summed E-state index contributed by atoms with van der Waals surface area (Å²) in [5, 5.41) is 0. The fourth-order valence-corrected chi connectivity index (χ4v) is 3.64. The quantitative estimate of drug-likeness (QED) is 0.844. The summed E-state index contributed by atoms with van der Waals surface area (Å²) < 4.78 is 31.5. The number of piperidine rings is 1. The second-order valence-corrected chi connectivity index (χ2v) is 6.70. The smallest absolute Gasteiger partial charge is 0.243 e. The molecule has 0 unspecified atom stereocenters. The highest BCUT2D eigenvalue weighted by molar-refractivity contribution is 7.89. The van der Waals surface area contributed by atoms with Gasteiger partial charge in [-0.3, -0.25) is 0 Å². The van der Waals surface area contributed by atoms with Gasteiger partial charge in [0.2, 0.25) is 10.0 Å². The van der Waals surface area contributed by atoms with Gasteiger partial charge in [-0.2, -0.15) is 4.31 Å². The molecule has 5 heteroatoms. The molecular weight excluding hydrogens is 250 g/mol. The molecule has 1 heterocycles. The average Bonchev–Trinajstić information content (AvgIpc) is 2.39. The van der Waals surface area contributed by atoms with Gasteiger partial charge < -0.3 is 4.74 Å². The van der Waals surface area contributed by atoms with Crippen LogP contribution in [0.3, 0.4) is 0 Å². The predicted octanol–water partition coefficient (Wildman–Crippen LogP) is 2.12. The van der Waals surface area contributed by atoms with Crippen molar-refractivity contribution in [2.24, 2.45) is 5.92 Å². The molecule has 0 aliphatic carbocycles. The van der Waals surface area contributed by atoms with Crippen LogP contribution in [0.4, 0.5) is 0 Å². The SMILES string of the molecule is COc1cccc(S(=O)(=O)N2CCC(C)CC2)c1. The standard InChI is InChI=1S/C13H19NO3S/c1-11-6-8-14(9-7-11)18(15,16)13-5-3-4-12(10-13)17-2/h3-5,10-11H,6-9H2,1-2H3. The topological polar surface area (TPSA) is 46.6 Å². The third-order valence-corrected chi connectivity index (χ3v) is 5.32. The van der Waals surface area contributed by atoms with Crippen molar-refractivity contribution in [2.45, 2.75) is 24.7 Å². The van der Waals surface area contributed by atoms with Gasteiger partial charge in [-0.25, -0.2) is 8.42 Å². The first-order chi connectivity index (χ1) is 8.54. The Morgan fingerprint density at radius 2 is 1.94 bits per heavy atom. The van der Waals surface area contributed by atoms with Crippen LogP contribution >= 0.6 is 0 Å². The second-order valence-electron chi connectivity index (χ2n) is 4.77. The van der Waals surface area contributed by atoms with E-state index in [-0.39, 0.29) is 0 Å². The molecule has 0 radical (unpaired) electrons. The van der Waals surface area contributed by atoms with Gasteiger partial charge in [-0.1, -0.05) is 13.0 Å². The van der Waals surface area contributed by atoms with Gasteiger partial charge in [0.15, 0.2) is 0 Å². The lowest BCUT2D eigenvalue weighted by Crippen LogP contribution is -2.37. The summed E-state index contributed by atoms with van der Waals surface area (Å²) in [5.74, 6) is 1.18. The maximum absolute atomic E-state index is 12.4. The van der Waals surface area contributed by atoms with Crippen molar-refractivity contribution in [3.8, 4) is 5.75 Å². The number of sulfonamides is 1. The number of hydrogen-bond donors (Lipinski definition) is 0. The van der Waals surface area contributed by atoms with Crippen LogP contribution in [0.25, 0.3) is 0 Å². The number of nitrogens with zero attached hydrogens (tertiary/aromatic N) is 1. The molecule has 1 aromatic rings. The molecule has 0 atom stereocenters. The summed E-state index contributed by atoms with van der Waals surface area (Å²) in [7, 11) is -1.83. The number of methoxy groups -OCH3 is 1. The van der Waals surface area contributed by atoms with Crippen LogP contribution in [0.1, 0.15) is 19.8 Å². The summed E-state index contributed by atoms with van der Waals surface area (Å²) in [6.07, 6.45) is 1.87. The predicted molar refractivity (Wildman–Crippen MR) is 70.2 cm³/mol. The lowest BCUT2D eigenvalue weighted by Gasteiger charge is -2.29. The minimum absolute atomic E-state index is 0.316. The lowest BCUT2D eigenvalue weighted by atomic mass is 10.0. The van der Waals surface area contributed by atoms with E-state index in [9.17, 15) is 8.42 Å². The first kappa shape index (κ1) is 13.4. The number of rotatable bonds is 3. The summed E-state index contributed by atoms with van der Waals surface area (Å²) >= 11 is 0. The van der Waals surface area contributed by atoms with Crippen LogP contribution in [-0.4, -0.2) is 32.9 Å². The molecule has 0 saturated carbocycles. The Morgan fingerprint density at radius 3 is 2.56 bits per heavy atom. The van der Waals surface area contributed by atoms with Crippen molar-refractivity contribution in [3.63, 3.8) is 0 Å². The minimum atomic E-state index is -3.36. The van der Waals surface area contributed by atoms with E-state index in [4.69, 9.17) is 4.74 Å². The highest BCUT2D eigenvalue weighted by Crippen LogP contribution is 2.25. The van der Waals surface area contributed by atoms with E-state index in [1.165, 1.54) is 7.11 Å². The largest absolute Gasteiger partial charge is 0.497 e. The Hall–Kier alpha value is -1.07. The Kier molecular flexibility index (Phi) is 3.92. The zero-order chi connectivity index (χ0) is 13.2. The zero-order valence-corrected chi connectivity index (χ0v) is 11.6. The Balaban J connectivity index is 2.24. The van der Waals surface area contributed by atoms with Crippen molar-refractivity contribution in [2.75, 3.05) is 20.2 Å². The summed E-state index contributed by atoms with van der Waals surface area (Å²) in [5.41, 5.74) is 0. The molecule has 0 spiro atoms. The summed E-state index contributed by atoms with van der Waals surface area (Å²) in [6, 6.07) is 6.65. The molecule has 1 aliphatic heterocycles. The van der Waals surface area contributed by atoms with Crippen molar-refractivity contribution >= 4 is 10.0 Å². The van der Waals surface area contributed by atoms with Crippen molar-refractivity contribution in [3.05, 3.63) is 24.3 Å². The molecule has 1 aromatic carbocycles. The molecule has 0 bridgehead atoms. The van der Waals surface area contributed by atoms with E-state index in [1.54, 1.807) is 28.6 Å². The van der Waals surface area contributed by atoms with E-state index >= 15 is 0 Å². The Morgan fingerprint density at radius 1 is 1.28 bits per heavy atom. The molecule has 0 N–H and O–H groups in total. The maximum Gasteiger partial charge on any atom is 0.243 e. The molecule has 100 valence electrons. The minimum Gasteiger partial charge on any atom is -0.497 e. The van der Waals surface area contributed by atoms with Gasteiger partial charge in [0.1, 0.15) is 5.75 Å². The van der Waals surface area contributed by atoms with Crippen molar-refractivity contribution in [1.29, 1.82) is 0 Å². The summed E-state index contributed by atoms with van der Waals surface area (Å²) in [6.45, 7) is 3.39. The third kappa shape index (κ3) is 2.67. The fraction of sp³-hybridized carbons (Fsp3) is 0.538. The molecule has 18 heavy (non-hydrogen) atoms.